The van der Waals surface area contributed by atoms with Crippen molar-refractivity contribution in [3.05, 3.63) is 29.1 Å². The molecule has 0 aliphatic rings. The van der Waals surface area contributed by atoms with Crippen LogP contribution in [0, 0.1) is 18.3 Å². The van der Waals surface area contributed by atoms with Crippen molar-refractivity contribution in [2.24, 2.45) is 0 Å². The minimum Gasteiger partial charge on any atom is -0.550 e. The second-order valence-corrected chi connectivity index (χ2v) is 3.53. The number of hydrogen-bond acceptors (Lipinski definition) is 4. The van der Waals surface area contributed by atoms with E-state index in [0.29, 0.717) is 16.9 Å². The van der Waals surface area contributed by atoms with Gasteiger partial charge in [0.15, 0.2) is 0 Å². The van der Waals surface area contributed by atoms with E-state index in [1.165, 1.54) is 0 Å². The van der Waals surface area contributed by atoms with Gasteiger partial charge in [-0.25, -0.2) is 4.98 Å². The van der Waals surface area contributed by atoms with Crippen molar-refractivity contribution >= 4 is 17.0 Å². The van der Waals surface area contributed by atoms with Crippen molar-refractivity contribution < 1.29 is 61.3 Å². The summed E-state index contributed by atoms with van der Waals surface area (Å²) >= 11 is 0. The Morgan fingerprint density at radius 1 is 1.59 bits per heavy atom. The predicted molar refractivity (Wildman–Crippen MR) is 54.3 cm³/mol. The summed E-state index contributed by atoms with van der Waals surface area (Å²) in [5.74, 6) is -0.847. The van der Waals surface area contributed by atoms with Crippen LogP contribution in [0.25, 0.3) is 11.0 Å². The molecule has 1 heterocycles. The number of carbonyl (C=O) groups excluding carboxylic acids is 1. The monoisotopic (exact) mass is 253 g/mol. The van der Waals surface area contributed by atoms with E-state index in [1.54, 1.807) is 12.1 Å². The fourth-order valence-electron chi connectivity index (χ4n) is 1.56. The van der Waals surface area contributed by atoms with Gasteiger partial charge in [0.2, 0.25) is 0 Å². The zero-order valence-electron chi connectivity index (χ0n) is 9.57. The smallest absolute Gasteiger partial charge is 0.550 e. The molecular weight excluding hydrogens is 245 g/mol. The van der Waals surface area contributed by atoms with Crippen LogP contribution in [0.2, 0.25) is 0 Å². The summed E-state index contributed by atoms with van der Waals surface area (Å²) in [6.45, 7) is 1.82. The third kappa shape index (κ3) is 3.15. The number of hydrogen-bond donors (Lipinski definition) is 1. The third-order valence-electron chi connectivity index (χ3n) is 2.31. The molecule has 0 fully saturated rings. The van der Waals surface area contributed by atoms with Gasteiger partial charge >= 0.3 is 51.4 Å². The summed E-state index contributed by atoms with van der Waals surface area (Å²) in [4.78, 5) is 17.4. The van der Waals surface area contributed by atoms with Crippen molar-refractivity contribution in [3.8, 4) is 6.07 Å². The van der Waals surface area contributed by atoms with Gasteiger partial charge in [0.1, 0.15) is 5.82 Å². The van der Waals surface area contributed by atoms with Crippen LogP contribution in [0.3, 0.4) is 0 Å². The van der Waals surface area contributed by atoms with Crippen LogP contribution >= 0.6 is 0 Å². The predicted octanol–water partition coefficient (Wildman–Crippen LogP) is -2.96. The van der Waals surface area contributed by atoms with E-state index in [1.807, 2.05) is 6.92 Å². The van der Waals surface area contributed by atoms with Crippen molar-refractivity contribution in [2.75, 3.05) is 0 Å². The molecule has 0 bridgehead atoms. The minimum atomic E-state index is -1.18. The Bertz CT molecular complexity index is 613. The summed E-state index contributed by atoms with van der Waals surface area (Å²) in [7, 11) is 0. The van der Waals surface area contributed by atoms with Gasteiger partial charge in [-0.1, -0.05) is 0 Å². The number of benzene rings is 1. The number of H-pyrrole nitrogens is 1. The second kappa shape index (κ2) is 5.75. The zero-order chi connectivity index (χ0) is 11.7. The number of carbonyl (C=O) groups is 1. The molecule has 2 rings (SSSR count). The Balaban J connectivity index is 0.00000144. The van der Waals surface area contributed by atoms with E-state index in [9.17, 15) is 9.90 Å². The van der Waals surface area contributed by atoms with Crippen LogP contribution in [0.5, 0.6) is 0 Å². The van der Waals surface area contributed by atoms with E-state index in [0.717, 1.165) is 11.1 Å². The normalized spacial score (nSPS) is 9.65. The molecule has 0 amide bonds. The molecule has 0 aliphatic heterocycles. The Hall–Kier alpha value is -0.714. The number of fused-ring (bicyclic) bond motifs is 1. The van der Waals surface area contributed by atoms with Crippen molar-refractivity contribution in [1.82, 2.24) is 9.97 Å². The van der Waals surface area contributed by atoms with Crippen LogP contribution in [0.15, 0.2) is 12.1 Å². The van der Waals surface area contributed by atoms with Gasteiger partial charge in [-0.3, -0.25) is 0 Å². The van der Waals surface area contributed by atoms with E-state index >= 15 is 0 Å². The van der Waals surface area contributed by atoms with Crippen LogP contribution in [0.1, 0.15) is 17.0 Å². The van der Waals surface area contributed by atoms with Gasteiger partial charge in [0, 0.05) is 12.4 Å². The van der Waals surface area contributed by atoms with E-state index in [-0.39, 0.29) is 57.8 Å². The summed E-state index contributed by atoms with van der Waals surface area (Å²) in [6.07, 6.45) is -0.254. The molecule has 1 aromatic carbocycles. The largest absolute Gasteiger partial charge is 1.00 e. The summed E-state index contributed by atoms with van der Waals surface area (Å²) in [5, 5.41) is 19.3. The van der Waals surface area contributed by atoms with Gasteiger partial charge in [0.25, 0.3) is 0 Å². The molecule has 17 heavy (non-hydrogen) atoms. The first-order valence-electron chi connectivity index (χ1n) is 4.69. The Kier molecular flexibility index (Phi) is 4.86. The number of aryl methyl sites for hydroxylation is 1. The number of carboxylic acid groups (broad SMARTS) is 1. The SMILES string of the molecule is Cc1cc2[nH]c(CC(=O)[O-])nc2cc1C#N.[K+]. The van der Waals surface area contributed by atoms with Crippen LogP contribution in [0.4, 0.5) is 0 Å². The number of aromatic nitrogens is 2. The van der Waals surface area contributed by atoms with Crippen LogP contribution in [-0.4, -0.2) is 15.9 Å². The molecule has 2 aromatic rings. The Labute approximate surface area is 140 Å². The quantitative estimate of drug-likeness (QED) is 0.579. The summed E-state index contributed by atoms with van der Waals surface area (Å²) in [5.41, 5.74) is 2.70. The van der Waals surface area contributed by atoms with E-state index in [4.69, 9.17) is 5.26 Å². The van der Waals surface area contributed by atoms with Crippen LogP contribution in [-0.2, 0) is 11.2 Å². The molecule has 0 aliphatic carbocycles. The van der Waals surface area contributed by atoms with Gasteiger partial charge in [-0.05, 0) is 24.6 Å². The Morgan fingerprint density at radius 2 is 2.29 bits per heavy atom. The molecule has 1 aromatic heterocycles. The van der Waals surface area contributed by atoms with Gasteiger partial charge in [-0.2, -0.15) is 5.26 Å². The van der Waals surface area contributed by atoms with Gasteiger partial charge in [-0.15, -0.1) is 0 Å². The summed E-state index contributed by atoms with van der Waals surface area (Å²) < 4.78 is 0. The number of rotatable bonds is 2. The number of carboxylic acids is 1. The fraction of sp³-hybridized carbons (Fsp3) is 0.182. The zero-order valence-corrected chi connectivity index (χ0v) is 12.7. The molecule has 0 atom stereocenters. The number of nitriles is 1. The fourth-order valence-corrected chi connectivity index (χ4v) is 1.56. The first-order chi connectivity index (χ1) is 7.60. The molecule has 6 heteroatoms. The number of aliphatic carboxylic acids is 1. The third-order valence-corrected chi connectivity index (χ3v) is 2.31. The van der Waals surface area contributed by atoms with Crippen molar-refractivity contribution in [3.63, 3.8) is 0 Å². The van der Waals surface area contributed by atoms with E-state index < -0.39 is 5.97 Å². The molecule has 1 N–H and O–H groups in total. The molecule has 0 unspecified atom stereocenters. The van der Waals surface area contributed by atoms with E-state index in [2.05, 4.69) is 16.0 Å². The average molecular weight is 253 g/mol. The number of nitrogens with zero attached hydrogens (tertiary/aromatic N) is 2. The maximum atomic E-state index is 10.4. The topological polar surface area (TPSA) is 92.6 Å². The molecule has 5 nitrogen and oxygen atoms in total. The number of nitrogens with one attached hydrogen (secondary N) is 1. The Morgan fingerprint density at radius 3 is 2.88 bits per heavy atom. The molecule has 80 valence electrons. The molecule has 0 radical (unpaired) electrons. The van der Waals surface area contributed by atoms with Crippen LogP contribution < -0.4 is 56.5 Å². The standard InChI is InChI=1S/C11H9N3O2.K/c1-6-2-8-9(3-7(6)5-12)14-10(13-8)4-11(15)16;/h2-3H,4H2,1H3,(H,13,14)(H,15,16);/q;+1/p-1. The van der Waals surface area contributed by atoms with Crippen molar-refractivity contribution in [1.29, 1.82) is 5.26 Å². The molecule has 0 spiro atoms. The van der Waals surface area contributed by atoms with Gasteiger partial charge in [0.05, 0.1) is 22.7 Å². The first kappa shape index (κ1) is 14.3. The average Bonchev–Trinajstić information content (AvgIpc) is 2.56. The minimum absolute atomic E-state index is 0. The first-order valence-corrected chi connectivity index (χ1v) is 4.69. The van der Waals surface area contributed by atoms with Gasteiger partial charge < -0.3 is 14.9 Å². The maximum absolute atomic E-state index is 10.4. The molecular formula is C11H8KN3O2. The number of aromatic amines is 1. The molecule has 0 saturated heterocycles. The maximum Gasteiger partial charge on any atom is 1.00 e. The number of imidazole rings is 1. The van der Waals surface area contributed by atoms with Crippen molar-refractivity contribution in [2.45, 2.75) is 13.3 Å². The second-order valence-electron chi connectivity index (χ2n) is 3.53. The summed E-state index contributed by atoms with van der Waals surface area (Å²) in [6, 6.07) is 5.47. The molecule has 0 saturated carbocycles.